The van der Waals surface area contributed by atoms with Crippen molar-refractivity contribution in [1.82, 2.24) is 4.57 Å². The minimum atomic E-state index is -0.322. The summed E-state index contributed by atoms with van der Waals surface area (Å²) in [6.07, 6.45) is 1.71. The van der Waals surface area contributed by atoms with Crippen LogP contribution in [0, 0.1) is 0 Å². The molecule has 1 N–H and O–H groups in total. The first-order valence-electron chi connectivity index (χ1n) is 8.30. The molecule has 0 fully saturated rings. The largest absolute Gasteiger partial charge is 0.380 e. The molecule has 1 heterocycles. The number of amides is 1. The molecule has 1 aromatic heterocycles. The number of aromatic nitrogens is 1. The molecule has 0 saturated heterocycles. The van der Waals surface area contributed by atoms with Crippen molar-refractivity contribution in [3.63, 3.8) is 0 Å². The summed E-state index contributed by atoms with van der Waals surface area (Å²) in [5, 5.41) is 2.71. The van der Waals surface area contributed by atoms with E-state index in [9.17, 15) is 9.59 Å². The maximum absolute atomic E-state index is 12.6. The Hall–Kier alpha value is -3.18. The first-order chi connectivity index (χ1) is 12.7. The number of ether oxygens (including phenoxy) is 1. The molecule has 0 aliphatic heterocycles. The second-order valence-corrected chi connectivity index (χ2v) is 5.93. The van der Waals surface area contributed by atoms with Gasteiger partial charge in [-0.05, 0) is 35.4 Å². The molecule has 0 spiro atoms. The maximum Gasteiger partial charge on any atom is 0.274 e. The van der Waals surface area contributed by atoms with Crippen LogP contribution in [0.25, 0.3) is 0 Å². The number of pyridine rings is 1. The first kappa shape index (κ1) is 17.6. The molecule has 26 heavy (non-hydrogen) atoms. The average molecular weight is 348 g/mol. The summed E-state index contributed by atoms with van der Waals surface area (Å²) in [5.74, 6) is -0.322. The summed E-state index contributed by atoms with van der Waals surface area (Å²) < 4.78 is 6.66. The zero-order valence-corrected chi connectivity index (χ0v) is 14.5. The molecule has 0 radical (unpaired) electrons. The predicted molar refractivity (Wildman–Crippen MR) is 101 cm³/mol. The highest BCUT2D eigenvalue weighted by Gasteiger charge is 2.10. The topological polar surface area (TPSA) is 60.3 Å². The molecule has 5 nitrogen and oxygen atoms in total. The zero-order valence-electron chi connectivity index (χ0n) is 14.5. The number of hydrogen-bond acceptors (Lipinski definition) is 3. The Labute approximate surface area is 151 Å². The maximum atomic E-state index is 12.6. The van der Waals surface area contributed by atoms with Crippen molar-refractivity contribution in [1.29, 1.82) is 0 Å². The van der Waals surface area contributed by atoms with Gasteiger partial charge in [0, 0.05) is 18.9 Å². The molecule has 132 valence electrons. The second kappa shape index (κ2) is 8.27. The molecule has 3 aromatic rings. The van der Waals surface area contributed by atoms with Crippen molar-refractivity contribution in [3.05, 3.63) is 100.0 Å². The van der Waals surface area contributed by atoms with Crippen LogP contribution >= 0.6 is 0 Å². The Morgan fingerprint density at radius 3 is 2.54 bits per heavy atom. The fourth-order valence-electron chi connectivity index (χ4n) is 2.70. The van der Waals surface area contributed by atoms with E-state index in [4.69, 9.17) is 4.74 Å². The van der Waals surface area contributed by atoms with E-state index in [1.54, 1.807) is 48.2 Å². The van der Waals surface area contributed by atoms with Gasteiger partial charge >= 0.3 is 0 Å². The third kappa shape index (κ3) is 4.26. The Morgan fingerprint density at radius 2 is 1.77 bits per heavy atom. The van der Waals surface area contributed by atoms with Gasteiger partial charge in [-0.1, -0.05) is 42.5 Å². The Kier molecular flexibility index (Phi) is 5.61. The third-order valence-electron chi connectivity index (χ3n) is 3.96. The van der Waals surface area contributed by atoms with Crippen LogP contribution in [-0.2, 0) is 17.9 Å². The molecule has 1 amide bonds. The Bertz CT molecular complexity index is 949. The van der Waals surface area contributed by atoms with Gasteiger partial charge in [-0.2, -0.15) is 0 Å². The summed E-state index contributed by atoms with van der Waals surface area (Å²) >= 11 is 0. The molecular weight excluding hydrogens is 328 g/mol. The van der Waals surface area contributed by atoms with E-state index in [0.29, 0.717) is 18.7 Å². The van der Waals surface area contributed by atoms with Gasteiger partial charge in [0.15, 0.2) is 0 Å². The number of nitrogens with one attached hydrogen (secondary N) is 1. The molecular formula is C21H20N2O3. The predicted octanol–water partition coefficient (Wildman–Crippen LogP) is 3.30. The number of nitrogens with zero attached hydrogens (tertiary/aromatic N) is 1. The van der Waals surface area contributed by atoms with Gasteiger partial charge in [-0.25, -0.2) is 0 Å². The molecule has 0 atom stereocenters. The fraction of sp³-hybridized carbons (Fsp3) is 0.143. The normalized spacial score (nSPS) is 10.5. The smallest absolute Gasteiger partial charge is 0.274 e. The zero-order chi connectivity index (χ0) is 18.4. The Balaban J connectivity index is 1.80. The molecule has 5 heteroatoms. The molecule has 0 unspecified atom stereocenters. The standard InChI is InChI=1S/C21H20N2O3/c1-26-15-17-9-5-10-18(13-17)20(24)22-19-11-6-12-23(21(19)25)14-16-7-3-2-4-8-16/h2-13H,14-15H2,1H3,(H,22,24). The van der Waals surface area contributed by atoms with Gasteiger partial charge in [-0.3, -0.25) is 9.59 Å². The number of anilines is 1. The van der Waals surface area contributed by atoms with E-state index in [0.717, 1.165) is 11.1 Å². The van der Waals surface area contributed by atoms with Crippen molar-refractivity contribution in [2.45, 2.75) is 13.2 Å². The molecule has 0 aliphatic rings. The van der Waals surface area contributed by atoms with Crippen LogP contribution in [0.3, 0.4) is 0 Å². The lowest BCUT2D eigenvalue weighted by Gasteiger charge is -2.10. The van der Waals surface area contributed by atoms with Crippen LogP contribution in [-0.4, -0.2) is 17.6 Å². The highest BCUT2D eigenvalue weighted by molar-refractivity contribution is 6.04. The highest BCUT2D eigenvalue weighted by Crippen LogP contribution is 2.09. The van der Waals surface area contributed by atoms with E-state index in [1.165, 1.54) is 0 Å². The minimum absolute atomic E-state index is 0.238. The lowest BCUT2D eigenvalue weighted by atomic mass is 10.1. The average Bonchev–Trinajstić information content (AvgIpc) is 2.66. The number of rotatable bonds is 6. The number of carbonyl (C=O) groups is 1. The van der Waals surface area contributed by atoms with Crippen LogP contribution in [0.15, 0.2) is 77.7 Å². The van der Waals surface area contributed by atoms with Crippen molar-refractivity contribution in [3.8, 4) is 0 Å². The van der Waals surface area contributed by atoms with Crippen molar-refractivity contribution < 1.29 is 9.53 Å². The van der Waals surface area contributed by atoms with E-state index in [2.05, 4.69) is 5.32 Å². The van der Waals surface area contributed by atoms with Crippen LogP contribution in [0.4, 0.5) is 5.69 Å². The molecule has 0 bridgehead atoms. The molecule has 2 aromatic carbocycles. The number of carbonyl (C=O) groups excluding carboxylic acids is 1. The van der Waals surface area contributed by atoms with Crippen LogP contribution in [0.5, 0.6) is 0 Å². The monoisotopic (exact) mass is 348 g/mol. The van der Waals surface area contributed by atoms with Gasteiger partial charge < -0.3 is 14.6 Å². The summed E-state index contributed by atoms with van der Waals surface area (Å²) in [6.45, 7) is 0.878. The minimum Gasteiger partial charge on any atom is -0.380 e. The van der Waals surface area contributed by atoms with E-state index >= 15 is 0 Å². The van der Waals surface area contributed by atoms with Crippen LogP contribution < -0.4 is 10.9 Å². The summed E-state index contributed by atoms with van der Waals surface area (Å²) in [7, 11) is 1.60. The second-order valence-electron chi connectivity index (χ2n) is 5.93. The van der Waals surface area contributed by atoms with Gasteiger partial charge in [0.1, 0.15) is 5.69 Å². The number of hydrogen-bond donors (Lipinski definition) is 1. The lowest BCUT2D eigenvalue weighted by Crippen LogP contribution is -2.25. The SMILES string of the molecule is COCc1cccc(C(=O)Nc2cccn(Cc3ccccc3)c2=O)c1. The van der Waals surface area contributed by atoms with Crippen LogP contribution in [0.1, 0.15) is 21.5 Å². The van der Waals surface area contributed by atoms with E-state index in [1.807, 2.05) is 36.4 Å². The first-order valence-corrected chi connectivity index (χ1v) is 8.30. The molecule has 0 saturated carbocycles. The van der Waals surface area contributed by atoms with Crippen molar-refractivity contribution in [2.75, 3.05) is 12.4 Å². The quantitative estimate of drug-likeness (QED) is 0.743. The third-order valence-corrected chi connectivity index (χ3v) is 3.96. The summed E-state index contributed by atoms with van der Waals surface area (Å²) in [5.41, 5.74) is 2.42. The van der Waals surface area contributed by atoms with Crippen molar-refractivity contribution in [2.24, 2.45) is 0 Å². The highest BCUT2D eigenvalue weighted by atomic mass is 16.5. The summed E-state index contributed by atoms with van der Waals surface area (Å²) in [6, 6.07) is 20.2. The fourth-order valence-corrected chi connectivity index (χ4v) is 2.70. The van der Waals surface area contributed by atoms with Gasteiger partial charge in [-0.15, -0.1) is 0 Å². The number of methoxy groups -OCH3 is 1. The number of benzene rings is 2. The Morgan fingerprint density at radius 1 is 1.00 bits per heavy atom. The van der Waals surface area contributed by atoms with Gasteiger partial charge in [0.2, 0.25) is 0 Å². The molecule has 0 aliphatic carbocycles. The van der Waals surface area contributed by atoms with Crippen molar-refractivity contribution >= 4 is 11.6 Å². The lowest BCUT2D eigenvalue weighted by molar-refractivity contribution is 0.102. The summed E-state index contributed by atoms with van der Waals surface area (Å²) in [4.78, 5) is 25.1. The van der Waals surface area contributed by atoms with Gasteiger partial charge in [0.25, 0.3) is 11.5 Å². The molecule has 3 rings (SSSR count). The van der Waals surface area contributed by atoms with Crippen LogP contribution in [0.2, 0.25) is 0 Å². The van der Waals surface area contributed by atoms with Gasteiger partial charge in [0.05, 0.1) is 13.2 Å². The van der Waals surface area contributed by atoms with E-state index < -0.39 is 0 Å². The van der Waals surface area contributed by atoms with E-state index in [-0.39, 0.29) is 17.2 Å².